The van der Waals surface area contributed by atoms with Crippen LogP contribution in [0, 0.1) is 5.92 Å². The van der Waals surface area contributed by atoms with Gasteiger partial charge in [-0.05, 0) is 35.7 Å². The van der Waals surface area contributed by atoms with E-state index in [0.717, 1.165) is 16.8 Å². The average Bonchev–Trinajstić information content (AvgIpc) is 3.37. The average molecular weight is 374 g/mol. The summed E-state index contributed by atoms with van der Waals surface area (Å²) >= 11 is 0. The van der Waals surface area contributed by atoms with Crippen LogP contribution in [0.25, 0.3) is 0 Å². The summed E-state index contributed by atoms with van der Waals surface area (Å²) in [7, 11) is 0. The van der Waals surface area contributed by atoms with Crippen molar-refractivity contribution < 1.29 is 9.59 Å². The molecule has 2 aromatic carbocycles. The molecule has 1 atom stereocenters. The molecule has 0 saturated carbocycles. The third-order valence-corrected chi connectivity index (χ3v) is 5.05. The molecule has 1 saturated heterocycles. The first-order valence-electron chi connectivity index (χ1n) is 9.41. The molecule has 0 unspecified atom stereocenters. The van der Waals surface area contributed by atoms with E-state index < -0.39 is 5.92 Å². The van der Waals surface area contributed by atoms with Crippen LogP contribution in [-0.2, 0) is 22.7 Å². The van der Waals surface area contributed by atoms with Crippen LogP contribution in [0.4, 0.5) is 5.69 Å². The van der Waals surface area contributed by atoms with Crippen molar-refractivity contribution in [2.45, 2.75) is 19.5 Å². The van der Waals surface area contributed by atoms with Gasteiger partial charge in [0.2, 0.25) is 11.8 Å². The number of benzene rings is 2. The first-order valence-corrected chi connectivity index (χ1v) is 9.41. The number of carbonyl (C=O) groups excluding carboxylic acids is 2. The lowest BCUT2D eigenvalue weighted by atomic mass is 10.1. The number of rotatable bonds is 6. The summed E-state index contributed by atoms with van der Waals surface area (Å²) in [5.41, 5.74) is 2.96. The van der Waals surface area contributed by atoms with Crippen LogP contribution in [0.5, 0.6) is 0 Å². The van der Waals surface area contributed by atoms with E-state index >= 15 is 0 Å². The monoisotopic (exact) mass is 374 g/mol. The third-order valence-electron chi connectivity index (χ3n) is 5.05. The second-order valence-electron chi connectivity index (χ2n) is 6.86. The fourth-order valence-corrected chi connectivity index (χ4v) is 3.55. The molecule has 0 spiro atoms. The molecule has 1 fully saturated rings. The number of aromatic nitrogens is 2. The quantitative estimate of drug-likeness (QED) is 0.675. The Hall–Kier alpha value is -3.41. The van der Waals surface area contributed by atoms with Crippen LogP contribution in [0.15, 0.2) is 73.1 Å². The van der Waals surface area contributed by atoms with E-state index in [0.29, 0.717) is 26.1 Å². The largest absolute Gasteiger partial charge is 0.351 e. The number of para-hydroxylation sites is 1. The first-order chi connectivity index (χ1) is 13.7. The normalized spacial score (nSPS) is 16.4. The minimum Gasteiger partial charge on any atom is -0.351 e. The van der Waals surface area contributed by atoms with Gasteiger partial charge in [0, 0.05) is 31.2 Å². The van der Waals surface area contributed by atoms with E-state index in [1.165, 1.54) is 0 Å². The van der Waals surface area contributed by atoms with Crippen molar-refractivity contribution in [3.05, 3.63) is 84.2 Å². The van der Waals surface area contributed by atoms with Crippen LogP contribution >= 0.6 is 0 Å². The van der Waals surface area contributed by atoms with Gasteiger partial charge in [-0.3, -0.25) is 14.3 Å². The zero-order valence-electron chi connectivity index (χ0n) is 15.5. The molecule has 0 radical (unpaired) electrons. The first kappa shape index (κ1) is 18.0. The summed E-state index contributed by atoms with van der Waals surface area (Å²) in [5.74, 6) is -0.968. The minimum absolute atomic E-state index is 0.131. The Balaban J connectivity index is 1.39. The Kier molecular flexibility index (Phi) is 5.19. The van der Waals surface area contributed by atoms with Gasteiger partial charge in [0.1, 0.15) is 5.92 Å². The predicted octanol–water partition coefficient (Wildman–Crippen LogP) is 2.60. The molecule has 6 heteroatoms. The van der Waals surface area contributed by atoms with Gasteiger partial charge in [-0.15, -0.1) is 0 Å². The van der Waals surface area contributed by atoms with Gasteiger partial charge in [-0.2, -0.15) is 5.10 Å². The Morgan fingerprint density at radius 1 is 1.04 bits per heavy atom. The fraction of sp³-hybridized carbons (Fsp3) is 0.227. The number of nitrogens with one attached hydrogen (secondary N) is 1. The van der Waals surface area contributed by atoms with E-state index in [4.69, 9.17) is 0 Å². The second-order valence-corrected chi connectivity index (χ2v) is 6.86. The third kappa shape index (κ3) is 3.81. The van der Waals surface area contributed by atoms with Gasteiger partial charge in [-0.25, -0.2) is 0 Å². The number of nitrogens with zero attached hydrogens (tertiary/aromatic N) is 3. The summed E-state index contributed by atoms with van der Waals surface area (Å²) < 4.78 is 1.85. The van der Waals surface area contributed by atoms with Crippen LogP contribution in [0.2, 0.25) is 0 Å². The van der Waals surface area contributed by atoms with Crippen molar-refractivity contribution in [3.8, 4) is 0 Å². The number of hydrogen-bond donors (Lipinski definition) is 1. The van der Waals surface area contributed by atoms with Crippen LogP contribution < -0.4 is 10.2 Å². The zero-order valence-corrected chi connectivity index (χ0v) is 15.5. The van der Waals surface area contributed by atoms with Gasteiger partial charge in [0.05, 0.1) is 6.54 Å². The smallest absolute Gasteiger partial charge is 0.239 e. The summed E-state index contributed by atoms with van der Waals surface area (Å²) in [5, 5.41) is 7.18. The molecule has 4 rings (SSSR count). The molecule has 0 aliphatic carbocycles. The highest BCUT2D eigenvalue weighted by atomic mass is 16.2. The Morgan fingerprint density at radius 3 is 2.54 bits per heavy atom. The SMILES string of the molecule is O=C(NCc1ccccc1Cn1cccn1)[C@H]1CCN(c2ccccc2)C1=O. The van der Waals surface area contributed by atoms with E-state index in [2.05, 4.69) is 10.4 Å². The number of amides is 2. The summed E-state index contributed by atoms with van der Waals surface area (Å²) in [6, 6.07) is 19.3. The lowest BCUT2D eigenvalue weighted by Gasteiger charge is -2.17. The Morgan fingerprint density at radius 2 is 1.79 bits per heavy atom. The van der Waals surface area contributed by atoms with E-state index in [1.54, 1.807) is 11.1 Å². The van der Waals surface area contributed by atoms with E-state index in [-0.39, 0.29) is 11.8 Å². The molecule has 0 bridgehead atoms. The maximum atomic E-state index is 12.7. The van der Waals surface area contributed by atoms with Crippen molar-refractivity contribution in [1.82, 2.24) is 15.1 Å². The highest BCUT2D eigenvalue weighted by Crippen LogP contribution is 2.25. The molecule has 6 nitrogen and oxygen atoms in total. The van der Waals surface area contributed by atoms with Crippen molar-refractivity contribution in [2.75, 3.05) is 11.4 Å². The van der Waals surface area contributed by atoms with Gasteiger partial charge in [0.25, 0.3) is 0 Å². The highest BCUT2D eigenvalue weighted by Gasteiger charge is 2.37. The van der Waals surface area contributed by atoms with Gasteiger partial charge < -0.3 is 10.2 Å². The topological polar surface area (TPSA) is 67.2 Å². The molecular formula is C22H22N4O2. The lowest BCUT2D eigenvalue weighted by molar-refractivity contribution is -0.132. The van der Waals surface area contributed by atoms with Crippen LogP contribution in [0.3, 0.4) is 0 Å². The molecule has 2 heterocycles. The zero-order chi connectivity index (χ0) is 19.3. The lowest BCUT2D eigenvalue weighted by Crippen LogP contribution is -2.36. The molecular weight excluding hydrogens is 352 g/mol. The van der Waals surface area contributed by atoms with E-state index in [9.17, 15) is 9.59 Å². The van der Waals surface area contributed by atoms with Crippen molar-refractivity contribution in [2.24, 2.45) is 5.92 Å². The number of carbonyl (C=O) groups is 2. The summed E-state index contributed by atoms with van der Waals surface area (Å²) in [6.07, 6.45) is 4.19. The highest BCUT2D eigenvalue weighted by molar-refractivity contribution is 6.09. The molecule has 142 valence electrons. The molecule has 3 aromatic rings. The van der Waals surface area contributed by atoms with Crippen molar-refractivity contribution in [1.29, 1.82) is 0 Å². The predicted molar refractivity (Wildman–Crippen MR) is 107 cm³/mol. The Bertz CT molecular complexity index is 954. The van der Waals surface area contributed by atoms with Crippen LogP contribution in [-0.4, -0.2) is 28.1 Å². The number of hydrogen-bond acceptors (Lipinski definition) is 3. The van der Waals surface area contributed by atoms with Gasteiger partial charge in [-0.1, -0.05) is 42.5 Å². The molecule has 2 amide bonds. The van der Waals surface area contributed by atoms with Crippen LogP contribution in [0.1, 0.15) is 17.5 Å². The molecule has 1 aliphatic rings. The molecule has 1 N–H and O–H groups in total. The number of anilines is 1. The maximum Gasteiger partial charge on any atom is 0.239 e. The van der Waals surface area contributed by atoms with Gasteiger partial charge >= 0.3 is 0 Å². The van der Waals surface area contributed by atoms with Crippen molar-refractivity contribution in [3.63, 3.8) is 0 Å². The second kappa shape index (κ2) is 8.08. The molecule has 1 aromatic heterocycles. The standard InChI is InChI=1S/C22H22N4O2/c27-21(20-11-14-26(22(20)28)19-9-2-1-3-10-19)23-15-17-7-4-5-8-18(17)16-25-13-6-12-24-25/h1-10,12-13,20H,11,14-16H2,(H,23,27)/t20-/m1/s1. The minimum atomic E-state index is -0.626. The van der Waals surface area contributed by atoms with Gasteiger partial charge in [0.15, 0.2) is 0 Å². The summed E-state index contributed by atoms with van der Waals surface area (Å²) in [4.78, 5) is 27.0. The summed E-state index contributed by atoms with van der Waals surface area (Å²) in [6.45, 7) is 1.60. The van der Waals surface area contributed by atoms with Crippen molar-refractivity contribution >= 4 is 17.5 Å². The molecule has 1 aliphatic heterocycles. The van der Waals surface area contributed by atoms with E-state index in [1.807, 2.05) is 71.5 Å². The maximum absolute atomic E-state index is 12.7. The molecule has 28 heavy (non-hydrogen) atoms. The fourth-order valence-electron chi connectivity index (χ4n) is 3.55. The Labute approximate surface area is 163 Å².